The molecule has 1 amide bonds. The van der Waals surface area contributed by atoms with E-state index in [-0.39, 0.29) is 11.7 Å². The van der Waals surface area contributed by atoms with Gasteiger partial charge in [-0.15, -0.1) is 0 Å². The molecule has 8 heteroatoms. The highest BCUT2D eigenvalue weighted by Crippen LogP contribution is 2.30. The van der Waals surface area contributed by atoms with Crippen LogP contribution in [-0.2, 0) is 6.54 Å². The van der Waals surface area contributed by atoms with Gasteiger partial charge in [-0.05, 0) is 25.1 Å². The van der Waals surface area contributed by atoms with Gasteiger partial charge in [-0.25, -0.2) is 9.37 Å². The summed E-state index contributed by atoms with van der Waals surface area (Å²) in [4.78, 5) is 21.0. The number of piperazine rings is 1. The first-order chi connectivity index (χ1) is 12.2. The van der Waals surface area contributed by atoms with Gasteiger partial charge in [0.1, 0.15) is 17.0 Å². The van der Waals surface area contributed by atoms with E-state index in [0.29, 0.717) is 43.9 Å². The van der Waals surface area contributed by atoms with Crippen LogP contribution in [0.25, 0.3) is 10.2 Å². The minimum atomic E-state index is -0.290. The van der Waals surface area contributed by atoms with Crippen molar-refractivity contribution in [3.8, 4) is 0 Å². The number of rotatable bonds is 3. The standard InChI is InChI=1S/C17H18FN5OS/c1-2-23-13(6-7-19-23)16(24)21-8-10-22(11-9-21)17-20-15-12(18)4-3-5-14(15)25-17/h3-7H,2,8-11H2,1H3. The molecule has 0 spiro atoms. The molecule has 1 aromatic carbocycles. The molecular weight excluding hydrogens is 341 g/mol. The third kappa shape index (κ3) is 2.86. The third-order valence-corrected chi connectivity index (χ3v) is 5.51. The zero-order valence-electron chi connectivity index (χ0n) is 13.9. The van der Waals surface area contributed by atoms with Crippen LogP contribution in [0.3, 0.4) is 0 Å². The van der Waals surface area contributed by atoms with Crippen molar-refractivity contribution in [2.45, 2.75) is 13.5 Å². The van der Waals surface area contributed by atoms with Crippen LogP contribution in [0.4, 0.5) is 9.52 Å². The Labute approximate surface area is 148 Å². The second-order valence-corrected chi connectivity index (χ2v) is 6.90. The molecule has 0 unspecified atom stereocenters. The van der Waals surface area contributed by atoms with E-state index in [2.05, 4.69) is 15.0 Å². The van der Waals surface area contributed by atoms with Gasteiger partial charge < -0.3 is 9.80 Å². The molecule has 130 valence electrons. The molecule has 1 fully saturated rings. The van der Waals surface area contributed by atoms with Crippen molar-refractivity contribution in [3.05, 3.63) is 42.0 Å². The fourth-order valence-corrected chi connectivity index (χ4v) is 4.10. The molecule has 1 aliphatic heterocycles. The number of hydrogen-bond donors (Lipinski definition) is 0. The van der Waals surface area contributed by atoms with E-state index in [1.807, 2.05) is 17.9 Å². The van der Waals surface area contributed by atoms with E-state index in [9.17, 15) is 9.18 Å². The molecule has 1 saturated heterocycles. The Morgan fingerprint density at radius 1 is 1.24 bits per heavy atom. The molecule has 0 N–H and O–H groups in total. The Balaban J connectivity index is 1.47. The summed E-state index contributed by atoms with van der Waals surface area (Å²) in [5.41, 5.74) is 1.05. The monoisotopic (exact) mass is 359 g/mol. The largest absolute Gasteiger partial charge is 0.345 e. The highest BCUT2D eigenvalue weighted by Gasteiger charge is 2.25. The van der Waals surface area contributed by atoms with Gasteiger partial charge in [-0.3, -0.25) is 9.48 Å². The van der Waals surface area contributed by atoms with Crippen LogP contribution >= 0.6 is 11.3 Å². The number of aromatic nitrogens is 3. The molecule has 3 aromatic rings. The van der Waals surface area contributed by atoms with Crippen LogP contribution in [0.5, 0.6) is 0 Å². The number of hydrogen-bond acceptors (Lipinski definition) is 5. The van der Waals surface area contributed by atoms with Crippen LogP contribution in [0.2, 0.25) is 0 Å². The Bertz CT molecular complexity index is 913. The van der Waals surface area contributed by atoms with Crippen molar-refractivity contribution in [1.29, 1.82) is 0 Å². The molecule has 3 heterocycles. The quantitative estimate of drug-likeness (QED) is 0.721. The number of aryl methyl sites for hydroxylation is 1. The Morgan fingerprint density at radius 3 is 2.76 bits per heavy atom. The van der Waals surface area contributed by atoms with Gasteiger partial charge in [-0.2, -0.15) is 5.10 Å². The van der Waals surface area contributed by atoms with E-state index < -0.39 is 0 Å². The summed E-state index contributed by atoms with van der Waals surface area (Å²) < 4.78 is 16.4. The smallest absolute Gasteiger partial charge is 0.272 e. The van der Waals surface area contributed by atoms with E-state index in [4.69, 9.17) is 0 Å². The lowest BCUT2D eigenvalue weighted by molar-refractivity contribution is 0.0734. The number of amides is 1. The predicted molar refractivity (Wildman–Crippen MR) is 95.6 cm³/mol. The molecule has 2 aromatic heterocycles. The molecule has 0 aliphatic carbocycles. The lowest BCUT2D eigenvalue weighted by atomic mass is 10.3. The van der Waals surface area contributed by atoms with Gasteiger partial charge in [0.2, 0.25) is 0 Å². The van der Waals surface area contributed by atoms with Gasteiger partial charge >= 0.3 is 0 Å². The number of benzene rings is 1. The van der Waals surface area contributed by atoms with Crippen molar-refractivity contribution in [2.75, 3.05) is 31.1 Å². The number of nitrogens with zero attached hydrogens (tertiary/aromatic N) is 5. The number of anilines is 1. The second-order valence-electron chi connectivity index (χ2n) is 5.89. The predicted octanol–water partition coefficient (Wildman–Crippen LogP) is 2.61. The summed E-state index contributed by atoms with van der Waals surface area (Å²) in [7, 11) is 0. The van der Waals surface area contributed by atoms with Crippen molar-refractivity contribution in [3.63, 3.8) is 0 Å². The average Bonchev–Trinajstić information content (AvgIpc) is 3.28. The third-order valence-electron chi connectivity index (χ3n) is 4.43. The Hall–Kier alpha value is -2.48. The summed E-state index contributed by atoms with van der Waals surface area (Å²) in [5, 5.41) is 4.97. The topological polar surface area (TPSA) is 54.3 Å². The van der Waals surface area contributed by atoms with Gasteiger partial charge in [0.25, 0.3) is 5.91 Å². The number of carbonyl (C=O) groups excluding carboxylic acids is 1. The van der Waals surface area contributed by atoms with Crippen LogP contribution in [0.15, 0.2) is 30.5 Å². The van der Waals surface area contributed by atoms with Gasteiger partial charge in [-0.1, -0.05) is 17.4 Å². The summed E-state index contributed by atoms with van der Waals surface area (Å²) in [6, 6.07) is 6.77. The summed E-state index contributed by atoms with van der Waals surface area (Å²) in [6.07, 6.45) is 1.66. The Kier molecular flexibility index (Phi) is 4.12. The maximum Gasteiger partial charge on any atom is 0.272 e. The normalized spacial score (nSPS) is 15.1. The number of para-hydroxylation sites is 1. The molecule has 6 nitrogen and oxygen atoms in total. The Morgan fingerprint density at radius 2 is 2.04 bits per heavy atom. The highest BCUT2D eigenvalue weighted by molar-refractivity contribution is 7.22. The lowest BCUT2D eigenvalue weighted by Gasteiger charge is -2.34. The van der Waals surface area contributed by atoms with Crippen LogP contribution in [-0.4, -0.2) is 51.8 Å². The van der Waals surface area contributed by atoms with Crippen molar-refractivity contribution in [2.24, 2.45) is 0 Å². The van der Waals surface area contributed by atoms with E-state index >= 15 is 0 Å². The number of halogens is 1. The van der Waals surface area contributed by atoms with E-state index in [0.717, 1.165) is 9.83 Å². The molecule has 4 rings (SSSR count). The summed E-state index contributed by atoms with van der Waals surface area (Å²) in [5.74, 6) is -0.281. The number of thiazole rings is 1. The summed E-state index contributed by atoms with van der Waals surface area (Å²) >= 11 is 1.49. The van der Waals surface area contributed by atoms with E-state index in [1.54, 1.807) is 23.0 Å². The summed E-state index contributed by atoms with van der Waals surface area (Å²) in [6.45, 7) is 5.25. The van der Waals surface area contributed by atoms with Gasteiger partial charge in [0.15, 0.2) is 5.13 Å². The zero-order valence-corrected chi connectivity index (χ0v) is 14.7. The average molecular weight is 359 g/mol. The first-order valence-electron chi connectivity index (χ1n) is 8.28. The van der Waals surface area contributed by atoms with Crippen molar-refractivity contribution in [1.82, 2.24) is 19.7 Å². The number of carbonyl (C=O) groups is 1. The minimum absolute atomic E-state index is 0.00865. The van der Waals surface area contributed by atoms with Crippen molar-refractivity contribution < 1.29 is 9.18 Å². The SMILES string of the molecule is CCn1nccc1C(=O)N1CCN(c2nc3c(F)cccc3s2)CC1. The molecule has 0 bridgehead atoms. The molecule has 0 radical (unpaired) electrons. The first-order valence-corrected chi connectivity index (χ1v) is 9.10. The molecule has 0 saturated carbocycles. The fourth-order valence-electron chi connectivity index (χ4n) is 3.07. The van der Waals surface area contributed by atoms with Gasteiger partial charge in [0, 0.05) is 38.9 Å². The lowest BCUT2D eigenvalue weighted by Crippen LogP contribution is -2.49. The molecule has 0 atom stereocenters. The maximum absolute atomic E-state index is 13.8. The maximum atomic E-state index is 13.8. The molecule has 25 heavy (non-hydrogen) atoms. The second kappa shape index (κ2) is 6.44. The van der Waals surface area contributed by atoms with Crippen molar-refractivity contribution >= 4 is 32.6 Å². The molecule has 1 aliphatic rings. The van der Waals surface area contributed by atoms with E-state index in [1.165, 1.54) is 17.4 Å². The minimum Gasteiger partial charge on any atom is -0.345 e. The first kappa shape index (κ1) is 16.0. The fraction of sp³-hybridized carbons (Fsp3) is 0.353. The van der Waals surface area contributed by atoms with Gasteiger partial charge in [0.05, 0.1) is 4.70 Å². The van der Waals surface area contributed by atoms with Crippen LogP contribution in [0.1, 0.15) is 17.4 Å². The highest BCUT2D eigenvalue weighted by atomic mass is 32.1. The van der Waals surface area contributed by atoms with Crippen LogP contribution < -0.4 is 4.90 Å². The zero-order chi connectivity index (χ0) is 17.4. The molecular formula is C17H18FN5OS. The van der Waals surface area contributed by atoms with Crippen LogP contribution in [0, 0.1) is 5.82 Å². The number of fused-ring (bicyclic) bond motifs is 1.